The van der Waals surface area contributed by atoms with Crippen molar-refractivity contribution in [1.82, 2.24) is 4.90 Å². The predicted molar refractivity (Wildman–Crippen MR) is 74.1 cm³/mol. The summed E-state index contributed by atoms with van der Waals surface area (Å²) < 4.78 is 0. The summed E-state index contributed by atoms with van der Waals surface area (Å²) in [5.74, 6) is 6.12. The topological polar surface area (TPSA) is 23.5 Å². The fraction of sp³-hybridized carbons (Fsp3) is 0.571. The maximum atomic E-state index is 8.71. The number of nitrogens with zero attached hydrogens (tertiary/aromatic N) is 1. The lowest BCUT2D eigenvalue weighted by atomic mass is 10.2. The van der Waals surface area contributed by atoms with Gasteiger partial charge in [-0.3, -0.25) is 4.90 Å². The highest BCUT2D eigenvalue weighted by molar-refractivity contribution is 7.10. The molecule has 0 aliphatic rings. The van der Waals surface area contributed by atoms with Crippen LogP contribution in [0.1, 0.15) is 37.6 Å². The Morgan fingerprint density at radius 2 is 2.24 bits per heavy atom. The molecule has 1 aromatic heterocycles. The van der Waals surface area contributed by atoms with E-state index in [2.05, 4.69) is 49.0 Å². The van der Waals surface area contributed by atoms with Crippen LogP contribution >= 0.6 is 11.3 Å². The summed E-state index contributed by atoms with van der Waals surface area (Å²) in [5.41, 5.74) is 1.11. The molecule has 1 heterocycles. The van der Waals surface area contributed by atoms with Crippen LogP contribution in [0.5, 0.6) is 0 Å². The number of thiophene rings is 1. The van der Waals surface area contributed by atoms with Crippen LogP contribution in [0.4, 0.5) is 0 Å². The van der Waals surface area contributed by atoms with Gasteiger partial charge in [0.25, 0.3) is 0 Å². The molecule has 1 aromatic rings. The first-order valence-electron chi connectivity index (χ1n) is 6.09. The lowest BCUT2D eigenvalue weighted by molar-refractivity contribution is 0.227. The molecule has 2 nitrogen and oxygen atoms in total. The fourth-order valence-corrected chi connectivity index (χ4v) is 2.49. The van der Waals surface area contributed by atoms with E-state index >= 15 is 0 Å². The second-order valence-electron chi connectivity index (χ2n) is 4.19. The number of hydrogen-bond acceptors (Lipinski definition) is 3. The van der Waals surface area contributed by atoms with E-state index < -0.39 is 0 Å². The minimum atomic E-state index is 0.138. The lowest BCUT2D eigenvalue weighted by Gasteiger charge is -2.24. The van der Waals surface area contributed by atoms with Crippen molar-refractivity contribution >= 4 is 11.3 Å². The van der Waals surface area contributed by atoms with E-state index in [1.165, 1.54) is 4.88 Å². The monoisotopic (exact) mass is 251 g/mol. The Kier molecular flexibility index (Phi) is 6.28. The van der Waals surface area contributed by atoms with Gasteiger partial charge < -0.3 is 5.11 Å². The zero-order valence-electron chi connectivity index (χ0n) is 10.9. The normalized spacial score (nSPS) is 10.7. The Morgan fingerprint density at radius 1 is 1.47 bits per heavy atom. The van der Waals surface area contributed by atoms with Crippen molar-refractivity contribution in [2.45, 2.75) is 39.8 Å². The molecule has 3 heteroatoms. The van der Waals surface area contributed by atoms with Crippen molar-refractivity contribution in [1.29, 1.82) is 0 Å². The third-order valence-corrected chi connectivity index (χ3v) is 3.59. The molecule has 0 fully saturated rings. The molecule has 0 radical (unpaired) electrons. The Labute approximate surface area is 108 Å². The first-order valence-corrected chi connectivity index (χ1v) is 6.97. The quantitative estimate of drug-likeness (QED) is 0.813. The van der Waals surface area contributed by atoms with E-state index in [0.29, 0.717) is 12.5 Å². The van der Waals surface area contributed by atoms with Crippen LogP contribution in [0.15, 0.2) is 11.4 Å². The second-order valence-corrected chi connectivity index (χ2v) is 5.19. The van der Waals surface area contributed by atoms with Crippen molar-refractivity contribution in [3.8, 4) is 11.8 Å². The van der Waals surface area contributed by atoms with E-state index in [0.717, 1.165) is 18.7 Å². The van der Waals surface area contributed by atoms with E-state index in [-0.39, 0.29) is 6.61 Å². The molecule has 0 bridgehead atoms. The van der Waals surface area contributed by atoms with E-state index in [9.17, 15) is 0 Å². The Hall–Kier alpha value is -0.820. The number of aliphatic hydroxyl groups excluding tert-OH is 1. The molecule has 17 heavy (non-hydrogen) atoms. The molecular weight excluding hydrogens is 230 g/mol. The van der Waals surface area contributed by atoms with Crippen molar-refractivity contribution in [2.75, 3.05) is 13.2 Å². The minimum absolute atomic E-state index is 0.138. The summed E-state index contributed by atoms with van der Waals surface area (Å²) in [7, 11) is 0. The van der Waals surface area contributed by atoms with Gasteiger partial charge in [-0.2, -0.15) is 0 Å². The van der Waals surface area contributed by atoms with Crippen molar-refractivity contribution < 1.29 is 5.11 Å². The molecule has 0 saturated carbocycles. The van der Waals surface area contributed by atoms with Gasteiger partial charge in [0.2, 0.25) is 0 Å². The van der Waals surface area contributed by atoms with Crippen LogP contribution < -0.4 is 0 Å². The fourth-order valence-electron chi connectivity index (χ4n) is 1.63. The predicted octanol–water partition coefficient (Wildman–Crippen LogP) is 2.71. The number of aliphatic hydroxyl groups is 1. The first kappa shape index (κ1) is 14.2. The summed E-state index contributed by atoms with van der Waals surface area (Å²) in [6, 6.07) is 2.62. The molecule has 0 spiro atoms. The minimum Gasteiger partial charge on any atom is -0.395 e. The average Bonchev–Trinajstić information content (AvgIpc) is 2.73. The van der Waals surface area contributed by atoms with Gasteiger partial charge >= 0.3 is 0 Å². The average molecular weight is 251 g/mol. The molecule has 0 atom stereocenters. The molecular formula is C14H21NOS. The second kappa shape index (κ2) is 7.50. The standard InChI is InChI=1S/C14H21NOS/c1-4-15(12(2)3)11-14-13(8-10-17-14)7-5-6-9-16/h8,10,12,16H,4,6,9,11H2,1-3H3. The van der Waals surface area contributed by atoms with Gasteiger partial charge in [-0.05, 0) is 31.8 Å². The van der Waals surface area contributed by atoms with Gasteiger partial charge in [-0.15, -0.1) is 11.3 Å². The Balaban J connectivity index is 2.72. The van der Waals surface area contributed by atoms with Crippen molar-refractivity contribution in [3.63, 3.8) is 0 Å². The van der Waals surface area contributed by atoms with E-state index in [4.69, 9.17) is 5.11 Å². The molecule has 0 saturated heterocycles. The molecule has 0 aromatic carbocycles. The van der Waals surface area contributed by atoms with Gasteiger partial charge in [0.15, 0.2) is 0 Å². The summed E-state index contributed by atoms with van der Waals surface area (Å²) in [6.07, 6.45) is 0.553. The molecule has 1 N–H and O–H groups in total. The summed E-state index contributed by atoms with van der Waals surface area (Å²) >= 11 is 1.76. The highest BCUT2D eigenvalue weighted by Crippen LogP contribution is 2.19. The Bertz CT molecular complexity index is 386. The zero-order chi connectivity index (χ0) is 12.7. The largest absolute Gasteiger partial charge is 0.395 e. The third-order valence-electron chi connectivity index (χ3n) is 2.69. The van der Waals surface area contributed by atoms with Crippen LogP contribution in [0, 0.1) is 11.8 Å². The molecule has 0 unspecified atom stereocenters. The van der Waals surface area contributed by atoms with Crippen LogP contribution in [0.3, 0.4) is 0 Å². The maximum absolute atomic E-state index is 8.71. The van der Waals surface area contributed by atoms with Crippen LogP contribution in [-0.2, 0) is 6.54 Å². The maximum Gasteiger partial charge on any atom is 0.0540 e. The first-order chi connectivity index (χ1) is 8.19. The third kappa shape index (κ3) is 4.51. The SMILES string of the molecule is CCN(Cc1sccc1C#CCCO)C(C)C. The number of rotatable bonds is 5. The van der Waals surface area contributed by atoms with Gasteiger partial charge in [-0.1, -0.05) is 18.8 Å². The molecule has 0 amide bonds. The van der Waals surface area contributed by atoms with Gasteiger partial charge in [0, 0.05) is 29.4 Å². The lowest BCUT2D eigenvalue weighted by Crippen LogP contribution is -2.29. The summed E-state index contributed by atoms with van der Waals surface area (Å²) in [6.45, 7) is 8.78. The Morgan fingerprint density at radius 3 is 2.82 bits per heavy atom. The molecule has 0 aliphatic heterocycles. The summed E-state index contributed by atoms with van der Waals surface area (Å²) in [5, 5.41) is 10.8. The van der Waals surface area contributed by atoms with Crippen LogP contribution in [0.25, 0.3) is 0 Å². The van der Waals surface area contributed by atoms with E-state index in [1.807, 2.05) is 0 Å². The summed E-state index contributed by atoms with van der Waals surface area (Å²) in [4.78, 5) is 3.74. The van der Waals surface area contributed by atoms with Gasteiger partial charge in [0.05, 0.1) is 6.61 Å². The smallest absolute Gasteiger partial charge is 0.0540 e. The molecule has 94 valence electrons. The van der Waals surface area contributed by atoms with Crippen molar-refractivity contribution in [2.24, 2.45) is 0 Å². The van der Waals surface area contributed by atoms with Gasteiger partial charge in [0.1, 0.15) is 0 Å². The molecule has 0 aliphatic carbocycles. The van der Waals surface area contributed by atoms with Crippen LogP contribution in [-0.4, -0.2) is 29.2 Å². The van der Waals surface area contributed by atoms with Crippen LogP contribution in [0.2, 0.25) is 0 Å². The number of hydrogen-bond donors (Lipinski definition) is 1. The highest BCUT2D eigenvalue weighted by atomic mass is 32.1. The molecule has 1 rings (SSSR count). The zero-order valence-corrected chi connectivity index (χ0v) is 11.7. The van der Waals surface area contributed by atoms with Gasteiger partial charge in [-0.25, -0.2) is 0 Å². The van der Waals surface area contributed by atoms with E-state index in [1.54, 1.807) is 11.3 Å². The highest BCUT2D eigenvalue weighted by Gasteiger charge is 2.10. The van der Waals surface area contributed by atoms with Crippen molar-refractivity contribution in [3.05, 3.63) is 21.9 Å².